The summed E-state index contributed by atoms with van der Waals surface area (Å²) in [5.41, 5.74) is 8.99. The Balaban J connectivity index is 1.80. The maximum atomic E-state index is 3.60. The molecule has 0 amide bonds. The zero-order valence-electron chi connectivity index (χ0n) is 11.2. The minimum Gasteiger partial charge on any atom is -0.310 e. The highest BCUT2D eigenvalue weighted by atomic mass is 15.4. The average molecular weight is 245 g/mol. The van der Waals surface area contributed by atoms with Crippen molar-refractivity contribution in [1.82, 2.24) is 16.2 Å². The van der Waals surface area contributed by atoms with Gasteiger partial charge < -0.3 is 5.32 Å². The number of hydrazine groups is 1. The van der Waals surface area contributed by atoms with Gasteiger partial charge >= 0.3 is 0 Å². The van der Waals surface area contributed by atoms with Crippen LogP contribution >= 0.6 is 0 Å². The van der Waals surface area contributed by atoms with E-state index in [9.17, 15) is 0 Å². The highest BCUT2D eigenvalue weighted by Crippen LogP contribution is 2.08. The van der Waals surface area contributed by atoms with Crippen molar-refractivity contribution in [2.75, 3.05) is 19.6 Å². The van der Waals surface area contributed by atoms with E-state index in [1.807, 2.05) is 6.07 Å². The Kier molecular flexibility index (Phi) is 4.93. The molecule has 3 nitrogen and oxygen atoms in total. The third-order valence-electron chi connectivity index (χ3n) is 3.48. The predicted molar refractivity (Wildman–Crippen MR) is 77.1 cm³/mol. The number of rotatable bonds is 5. The van der Waals surface area contributed by atoms with Gasteiger partial charge in [-0.3, -0.25) is 10.9 Å². The second kappa shape index (κ2) is 6.69. The molecule has 1 aliphatic heterocycles. The molecule has 1 aromatic rings. The summed E-state index contributed by atoms with van der Waals surface area (Å²) in [5, 5.41) is 3.60. The van der Waals surface area contributed by atoms with Gasteiger partial charge in [-0.2, -0.15) is 0 Å². The van der Waals surface area contributed by atoms with Crippen molar-refractivity contribution in [1.29, 1.82) is 0 Å². The van der Waals surface area contributed by atoms with Crippen LogP contribution < -0.4 is 16.2 Å². The molecule has 1 aliphatic rings. The van der Waals surface area contributed by atoms with Crippen LogP contribution in [0.1, 0.15) is 19.4 Å². The third kappa shape index (κ3) is 3.95. The summed E-state index contributed by atoms with van der Waals surface area (Å²) >= 11 is 0. The van der Waals surface area contributed by atoms with E-state index < -0.39 is 0 Å². The van der Waals surface area contributed by atoms with Crippen LogP contribution in [0.4, 0.5) is 0 Å². The molecule has 0 aliphatic carbocycles. The molecule has 1 heterocycles. The lowest BCUT2D eigenvalue weighted by Crippen LogP contribution is -2.36. The van der Waals surface area contributed by atoms with Gasteiger partial charge in [0.05, 0.1) is 0 Å². The van der Waals surface area contributed by atoms with Crippen molar-refractivity contribution in [3.8, 4) is 0 Å². The van der Waals surface area contributed by atoms with Gasteiger partial charge in [-0.25, -0.2) is 0 Å². The largest absolute Gasteiger partial charge is 0.310 e. The normalized spacial score (nSPS) is 19.1. The van der Waals surface area contributed by atoms with E-state index in [1.165, 1.54) is 11.1 Å². The van der Waals surface area contributed by atoms with E-state index >= 15 is 0 Å². The zero-order valence-corrected chi connectivity index (χ0v) is 11.2. The van der Waals surface area contributed by atoms with Crippen molar-refractivity contribution in [3.63, 3.8) is 0 Å². The molecule has 3 heteroatoms. The van der Waals surface area contributed by atoms with Crippen LogP contribution in [-0.4, -0.2) is 25.7 Å². The maximum absolute atomic E-state index is 3.60. The summed E-state index contributed by atoms with van der Waals surface area (Å²) < 4.78 is 0. The first-order valence-corrected chi connectivity index (χ1v) is 6.67. The predicted octanol–water partition coefficient (Wildman–Crippen LogP) is 1.79. The Morgan fingerprint density at radius 2 is 2.00 bits per heavy atom. The fourth-order valence-corrected chi connectivity index (χ4v) is 2.21. The number of benzene rings is 1. The lowest BCUT2D eigenvalue weighted by Gasteiger charge is -2.19. The quantitative estimate of drug-likeness (QED) is 0.740. The second-order valence-corrected chi connectivity index (χ2v) is 5.09. The maximum Gasteiger partial charge on any atom is 0.0167 e. The van der Waals surface area contributed by atoms with Gasteiger partial charge in [0.2, 0.25) is 0 Å². The molecule has 1 saturated heterocycles. The van der Waals surface area contributed by atoms with E-state index in [4.69, 9.17) is 0 Å². The van der Waals surface area contributed by atoms with Crippen LogP contribution in [0.3, 0.4) is 0 Å². The van der Waals surface area contributed by atoms with Gasteiger partial charge in [-0.15, -0.1) is 0 Å². The third-order valence-corrected chi connectivity index (χ3v) is 3.48. The minimum atomic E-state index is 0.534. The fraction of sp³-hybridized carbons (Fsp3) is 0.467. The summed E-state index contributed by atoms with van der Waals surface area (Å²) in [7, 11) is 0. The summed E-state index contributed by atoms with van der Waals surface area (Å²) in [6.07, 6.45) is 2.24. The Labute approximate surface area is 110 Å². The Morgan fingerprint density at radius 1 is 1.33 bits per heavy atom. The first-order chi connectivity index (χ1) is 8.75. The number of hydrogen-bond donors (Lipinski definition) is 3. The highest BCUT2D eigenvalue weighted by Gasteiger charge is 2.20. The molecule has 1 unspecified atom stereocenters. The molecule has 0 bridgehead atoms. The van der Waals surface area contributed by atoms with Crippen LogP contribution in [0, 0.1) is 5.92 Å². The molecule has 98 valence electrons. The summed E-state index contributed by atoms with van der Waals surface area (Å²) in [5.74, 6) is 0.675. The topological polar surface area (TPSA) is 36.1 Å². The molecule has 1 fully saturated rings. The second-order valence-electron chi connectivity index (χ2n) is 5.09. The van der Waals surface area contributed by atoms with Gasteiger partial charge in [-0.1, -0.05) is 42.0 Å². The number of nitrogens with one attached hydrogen (secondary N) is 3. The van der Waals surface area contributed by atoms with Crippen LogP contribution in [0.25, 0.3) is 6.08 Å². The zero-order chi connectivity index (χ0) is 12.8. The van der Waals surface area contributed by atoms with Crippen LogP contribution in [0.15, 0.2) is 35.9 Å². The molecule has 1 aromatic carbocycles. The lowest BCUT2D eigenvalue weighted by molar-refractivity contribution is 0.426. The molecule has 0 aromatic heterocycles. The van der Waals surface area contributed by atoms with Crippen molar-refractivity contribution < 1.29 is 0 Å². The van der Waals surface area contributed by atoms with Crippen LogP contribution in [0.5, 0.6) is 0 Å². The molecule has 0 spiro atoms. The fourth-order valence-electron chi connectivity index (χ4n) is 2.21. The highest BCUT2D eigenvalue weighted by molar-refractivity contribution is 5.52. The molecule has 3 N–H and O–H groups in total. The van der Waals surface area contributed by atoms with E-state index in [0.29, 0.717) is 12.0 Å². The van der Waals surface area contributed by atoms with Gasteiger partial charge in [0, 0.05) is 31.6 Å². The van der Waals surface area contributed by atoms with Crippen LogP contribution in [-0.2, 0) is 0 Å². The Hall–Kier alpha value is -1.16. The van der Waals surface area contributed by atoms with Crippen LogP contribution in [0.2, 0.25) is 0 Å². The average Bonchev–Trinajstić information content (AvgIpc) is 2.91. The SMILES string of the molecule is C/C(=C\c1ccccc1)CNC(C)C1CNNC1. The van der Waals surface area contributed by atoms with Crippen molar-refractivity contribution in [2.45, 2.75) is 19.9 Å². The van der Waals surface area contributed by atoms with Crippen molar-refractivity contribution >= 4 is 6.08 Å². The number of hydrogen-bond acceptors (Lipinski definition) is 3. The molecule has 18 heavy (non-hydrogen) atoms. The van der Waals surface area contributed by atoms with Crippen molar-refractivity contribution in [3.05, 3.63) is 41.5 Å². The van der Waals surface area contributed by atoms with E-state index in [1.54, 1.807) is 0 Å². The van der Waals surface area contributed by atoms with Crippen molar-refractivity contribution in [2.24, 2.45) is 5.92 Å². The van der Waals surface area contributed by atoms with Gasteiger partial charge in [0.1, 0.15) is 0 Å². The Bertz CT molecular complexity index is 380. The molecule has 1 atom stereocenters. The van der Waals surface area contributed by atoms with E-state index in [0.717, 1.165) is 19.6 Å². The first-order valence-electron chi connectivity index (χ1n) is 6.67. The smallest absolute Gasteiger partial charge is 0.0167 e. The van der Waals surface area contributed by atoms with Gasteiger partial charge in [0.25, 0.3) is 0 Å². The van der Waals surface area contributed by atoms with Gasteiger partial charge in [0.15, 0.2) is 0 Å². The monoisotopic (exact) mass is 245 g/mol. The molecule has 2 rings (SSSR count). The summed E-state index contributed by atoms with van der Waals surface area (Å²) in [6, 6.07) is 11.0. The van der Waals surface area contributed by atoms with E-state index in [-0.39, 0.29) is 0 Å². The summed E-state index contributed by atoms with van der Waals surface area (Å²) in [6.45, 7) is 7.49. The molecule has 0 saturated carbocycles. The standard InChI is InChI=1S/C15H23N3/c1-12(8-14-6-4-3-5-7-14)9-16-13(2)15-10-17-18-11-15/h3-8,13,15-18H,9-11H2,1-2H3/b12-8+. The molecule has 0 radical (unpaired) electrons. The Morgan fingerprint density at radius 3 is 2.67 bits per heavy atom. The lowest BCUT2D eigenvalue weighted by atomic mass is 10.0. The summed E-state index contributed by atoms with van der Waals surface area (Å²) in [4.78, 5) is 0. The minimum absolute atomic E-state index is 0.534. The molecular formula is C15H23N3. The molecular weight excluding hydrogens is 222 g/mol. The van der Waals surface area contributed by atoms with Gasteiger partial charge in [-0.05, 0) is 19.4 Å². The first kappa shape index (κ1) is 13.3. The van der Waals surface area contributed by atoms with E-state index in [2.05, 4.69) is 60.4 Å².